The molecule has 9 heavy (non-hydrogen) atoms. The molecular weight excluding hydrogens is 134 g/mol. The second kappa shape index (κ2) is 5.78. The van der Waals surface area contributed by atoms with Crippen molar-refractivity contribution in [1.82, 2.24) is 5.32 Å². The fourth-order valence-electron chi connectivity index (χ4n) is 0.444. The zero-order valence-corrected chi connectivity index (χ0v) is 7.35. The summed E-state index contributed by atoms with van der Waals surface area (Å²) < 4.78 is 4.78. The van der Waals surface area contributed by atoms with Gasteiger partial charge in [0.05, 0.1) is 0 Å². The Kier molecular flexibility index (Phi) is 5.55. The Labute approximate surface area is 57.7 Å². The van der Waals surface area contributed by atoms with Gasteiger partial charge in [-0.1, -0.05) is 6.92 Å². The number of carbonyl (C=O) groups excluding carboxylic acids is 1. The lowest BCUT2D eigenvalue weighted by Gasteiger charge is -1.99. The van der Waals surface area contributed by atoms with Crippen LogP contribution in [0.3, 0.4) is 0 Å². The van der Waals surface area contributed by atoms with Gasteiger partial charge in [-0.15, -0.1) is 0 Å². The van der Waals surface area contributed by atoms with Crippen molar-refractivity contribution in [1.29, 1.82) is 0 Å². The van der Waals surface area contributed by atoms with Crippen LogP contribution in [0.25, 0.3) is 0 Å². The maximum atomic E-state index is 10.2. The first-order valence-corrected chi connectivity index (χ1v) is 4.69. The molecule has 0 unspecified atom stereocenters. The van der Waals surface area contributed by atoms with Crippen LogP contribution in [-0.4, -0.2) is 28.4 Å². The number of hydrogen-bond donors (Lipinski definition) is 1. The summed E-state index contributed by atoms with van der Waals surface area (Å²) in [5, 5.41) is 3.09. The summed E-state index contributed by atoms with van der Waals surface area (Å²) in [7, 11) is -0.608. The molecule has 0 fully saturated rings. The lowest BCUT2D eigenvalue weighted by molar-refractivity contribution is -0.131. The van der Waals surface area contributed by atoms with Gasteiger partial charge in [-0.25, -0.2) is 0 Å². The molecule has 0 saturated heterocycles. The number of rotatable bonds is 4. The van der Waals surface area contributed by atoms with Crippen LogP contribution in [0, 0.1) is 0 Å². The first kappa shape index (κ1) is 8.65. The zero-order valence-electron chi connectivity index (χ0n) is 5.94. The molecule has 0 radical (unpaired) electrons. The summed E-state index contributed by atoms with van der Waals surface area (Å²) in [6.07, 6.45) is 0.885. The van der Waals surface area contributed by atoms with Crippen LogP contribution in [0.5, 0.6) is 0 Å². The third kappa shape index (κ3) is 7.65. The summed E-state index contributed by atoms with van der Waals surface area (Å²) in [6, 6.07) is 0. The van der Waals surface area contributed by atoms with Crippen molar-refractivity contribution >= 4 is 15.7 Å². The van der Waals surface area contributed by atoms with Crippen LogP contribution in [0.1, 0.15) is 13.8 Å². The van der Waals surface area contributed by atoms with Crippen molar-refractivity contribution in [2.75, 3.05) is 12.7 Å². The molecule has 1 N–H and O–H groups in total. The third-order valence-corrected chi connectivity index (χ3v) is 2.00. The maximum absolute atomic E-state index is 10.2. The van der Waals surface area contributed by atoms with E-state index in [0.717, 1.165) is 12.7 Å². The van der Waals surface area contributed by atoms with Crippen molar-refractivity contribution in [3.8, 4) is 0 Å². The smallest absolute Gasteiger partial charge is 0.288 e. The highest BCUT2D eigenvalue weighted by Gasteiger charge is 1.90. The van der Waals surface area contributed by atoms with Gasteiger partial charge in [-0.3, -0.25) is 4.79 Å². The van der Waals surface area contributed by atoms with Gasteiger partial charge in [-0.2, -0.15) is 0 Å². The SMILES string of the molecule is CCNC[SiH2]OC(C)=O. The molecule has 0 aromatic carbocycles. The number of nitrogens with one attached hydrogen (secondary N) is 1. The Morgan fingerprint density at radius 2 is 2.44 bits per heavy atom. The van der Waals surface area contributed by atoms with Crippen molar-refractivity contribution in [3.05, 3.63) is 0 Å². The van der Waals surface area contributed by atoms with Crippen LogP contribution in [0.2, 0.25) is 0 Å². The summed E-state index contributed by atoms with van der Waals surface area (Å²) in [4.78, 5) is 10.2. The highest BCUT2D eigenvalue weighted by atomic mass is 28.2. The molecule has 0 aromatic rings. The summed E-state index contributed by atoms with van der Waals surface area (Å²) in [6.45, 7) is 4.43. The maximum Gasteiger partial charge on any atom is 0.288 e. The standard InChI is InChI=1S/C5H13NO2Si/c1-3-6-4-9-8-5(2)7/h6H,3-4,9H2,1-2H3. The van der Waals surface area contributed by atoms with Crippen LogP contribution in [0.4, 0.5) is 0 Å². The molecule has 0 bridgehead atoms. The quantitative estimate of drug-likeness (QED) is 0.418. The number of carbonyl (C=O) groups is 1. The highest BCUT2D eigenvalue weighted by molar-refractivity contribution is 6.30. The first-order chi connectivity index (χ1) is 4.27. The lowest BCUT2D eigenvalue weighted by Crippen LogP contribution is -2.22. The van der Waals surface area contributed by atoms with Crippen molar-refractivity contribution in [2.45, 2.75) is 13.8 Å². The van der Waals surface area contributed by atoms with E-state index >= 15 is 0 Å². The summed E-state index contributed by atoms with van der Waals surface area (Å²) in [5.41, 5.74) is 0. The third-order valence-electron chi connectivity index (χ3n) is 0.834. The molecule has 0 saturated carbocycles. The fourth-order valence-corrected chi connectivity index (χ4v) is 1.33. The Morgan fingerprint density at radius 3 is 2.89 bits per heavy atom. The fraction of sp³-hybridized carbons (Fsp3) is 0.800. The molecule has 3 nitrogen and oxygen atoms in total. The van der Waals surface area contributed by atoms with Gasteiger partial charge in [0.15, 0.2) is 0 Å². The molecule has 0 aliphatic carbocycles. The monoisotopic (exact) mass is 147 g/mol. The van der Waals surface area contributed by atoms with E-state index in [1.165, 1.54) is 6.92 Å². The predicted octanol–water partition coefficient (Wildman–Crippen LogP) is -0.800. The van der Waals surface area contributed by atoms with E-state index < -0.39 is 9.76 Å². The summed E-state index contributed by atoms with van der Waals surface area (Å²) in [5.74, 6) is -0.153. The average molecular weight is 147 g/mol. The first-order valence-electron chi connectivity index (χ1n) is 3.11. The van der Waals surface area contributed by atoms with E-state index in [-0.39, 0.29) is 5.97 Å². The van der Waals surface area contributed by atoms with Gasteiger partial charge in [0, 0.05) is 13.1 Å². The van der Waals surface area contributed by atoms with E-state index in [1.54, 1.807) is 0 Å². The molecule has 0 aliphatic rings. The van der Waals surface area contributed by atoms with Crippen LogP contribution in [-0.2, 0) is 9.22 Å². The van der Waals surface area contributed by atoms with Gasteiger partial charge >= 0.3 is 0 Å². The number of hydrogen-bond acceptors (Lipinski definition) is 3. The Morgan fingerprint density at radius 1 is 1.78 bits per heavy atom. The topological polar surface area (TPSA) is 38.3 Å². The molecule has 0 rings (SSSR count). The van der Waals surface area contributed by atoms with E-state index in [1.807, 2.05) is 6.92 Å². The molecule has 0 atom stereocenters. The van der Waals surface area contributed by atoms with Crippen molar-refractivity contribution in [2.24, 2.45) is 0 Å². The molecule has 0 aromatic heterocycles. The van der Waals surface area contributed by atoms with E-state index in [0.29, 0.717) is 0 Å². The Hall–Kier alpha value is -0.353. The molecular formula is C5H13NO2Si. The second-order valence-corrected chi connectivity index (χ2v) is 2.89. The predicted molar refractivity (Wildman–Crippen MR) is 38.9 cm³/mol. The van der Waals surface area contributed by atoms with Crippen LogP contribution < -0.4 is 5.32 Å². The van der Waals surface area contributed by atoms with Gasteiger partial charge in [-0.05, 0) is 6.54 Å². The molecule has 0 amide bonds. The zero-order chi connectivity index (χ0) is 7.11. The van der Waals surface area contributed by atoms with Crippen LogP contribution >= 0.6 is 0 Å². The van der Waals surface area contributed by atoms with E-state index in [4.69, 9.17) is 4.43 Å². The summed E-state index contributed by atoms with van der Waals surface area (Å²) >= 11 is 0. The second-order valence-electron chi connectivity index (χ2n) is 1.69. The molecule has 0 spiro atoms. The lowest BCUT2D eigenvalue weighted by atomic mass is 10.8. The van der Waals surface area contributed by atoms with Crippen molar-refractivity contribution in [3.63, 3.8) is 0 Å². The Bertz CT molecular complexity index is 87.0. The van der Waals surface area contributed by atoms with E-state index in [9.17, 15) is 4.79 Å². The highest BCUT2D eigenvalue weighted by Crippen LogP contribution is 1.69. The van der Waals surface area contributed by atoms with Gasteiger partial charge < -0.3 is 9.74 Å². The van der Waals surface area contributed by atoms with Gasteiger partial charge in [0.2, 0.25) is 9.76 Å². The minimum atomic E-state index is -0.608. The molecule has 0 heterocycles. The molecule has 4 heteroatoms. The molecule has 54 valence electrons. The minimum absolute atomic E-state index is 0.153. The van der Waals surface area contributed by atoms with Gasteiger partial charge in [0.1, 0.15) is 0 Å². The minimum Gasteiger partial charge on any atom is -0.524 e. The normalized spacial score (nSPS) is 10.4. The van der Waals surface area contributed by atoms with E-state index in [2.05, 4.69) is 5.32 Å². The average Bonchev–Trinajstić information content (AvgIpc) is 1.80. The van der Waals surface area contributed by atoms with Crippen molar-refractivity contribution < 1.29 is 9.22 Å². The molecule has 0 aliphatic heterocycles. The Balaban J connectivity index is 2.83. The van der Waals surface area contributed by atoms with Crippen LogP contribution in [0.15, 0.2) is 0 Å². The largest absolute Gasteiger partial charge is 0.524 e. The van der Waals surface area contributed by atoms with Gasteiger partial charge in [0.25, 0.3) is 5.97 Å².